The minimum Gasteiger partial charge on any atom is -0.410 e. The van der Waals surface area contributed by atoms with E-state index in [4.69, 9.17) is 4.74 Å². The van der Waals surface area contributed by atoms with Crippen LogP contribution < -0.4 is 15.0 Å². The lowest BCUT2D eigenvalue weighted by molar-refractivity contribution is -0.137. The zero-order valence-corrected chi connectivity index (χ0v) is 18.7. The normalized spacial score (nSPS) is 17.4. The number of ether oxygens (including phenoxy) is 1. The van der Waals surface area contributed by atoms with Gasteiger partial charge in [-0.15, -0.1) is 0 Å². The van der Waals surface area contributed by atoms with E-state index in [1.54, 1.807) is 29.2 Å². The number of alkyl halides is 3. The van der Waals surface area contributed by atoms with Crippen molar-refractivity contribution in [2.45, 2.75) is 38.3 Å². The highest BCUT2D eigenvalue weighted by molar-refractivity contribution is 5.92. The van der Waals surface area contributed by atoms with Gasteiger partial charge in [-0.3, -0.25) is 4.79 Å². The van der Waals surface area contributed by atoms with E-state index in [9.17, 15) is 22.8 Å². The van der Waals surface area contributed by atoms with Gasteiger partial charge in [-0.2, -0.15) is 13.2 Å². The number of hydrogen-bond acceptors (Lipinski definition) is 5. The number of rotatable bonds is 4. The fourth-order valence-corrected chi connectivity index (χ4v) is 4.24. The van der Waals surface area contributed by atoms with Gasteiger partial charge in [0.15, 0.2) is 0 Å². The van der Waals surface area contributed by atoms with E-state index >= 15 is 0 Å². The molecule has 2 amide bonds. The summed E-state index contributed by atoms with van der Waals surface area (Å²) >= 11 is 0. The fraction of sp³-hybridized carbons (Fsp3) is 0.458. The molecule has 7 nitrogen and oxygen atoms in total. The van der Waals surface area contributed by atoms with Gasteiger partial charge in [-0.25, -0.2) is 9.78 Å². The van der Waals surface area contributed by atoms with Crippen molar-refractivity contribution in [1.82, 2.24) is 9.88 Å². The maximum atomic E-state index is 12.7. The molecule has 0 unspecified atom stereocenters. The number of nitrogens with one attached hydrogen (secondary N) is 1. The van der Waals surface area contributed by atoms with E-state index in [2.05, 4.69) is 10.3 Å². The van der Waals surface area contributed by atoms with Crippen molar-refractivity contribution in [1.29, 1.82) is 0 Å². The van der Waals surface area contributed by atoms with Crippen molar-refractivity contribution in [3.05, 3.63) is 48.2 Å². The lowest BCUT2D eigenvalue weighted by Crippen LogP contribution is -2.49. The van der Waals surface area contributed by atoms with Gasteiger partial charge in [0.2, 0.25) is 5.91 Å². The number of benzene rings is 1. The maximum Gasteiger partial charge on any atom is 0.417 e. The summed E-state index contributed by atoms with van der Waals surface area (Å²) in [6.45, 7) is 1.58. The molecule has 34 heavy (non-hydrogen) atoms. The van der Waals surface area contributed by atoms with Gasteiger partial charge < -0.3 is 19.9 Å². The first-order valence-electron chi connectivity index (χ1n) is 11.5. The number of piperazine rings is 1. The summed E-state index contributed by atoms with van der Waals surface area (Å²) < 4.78 is 43.6. The summed E-state index contributed by atoms with van der Waals surface area (Å²) in [4.78, 5) is 32.1. The highest BCUT2D eigenvalue weighted by Gasteiger charge is 2.31. The van der Waals surface area contributed by atoms with Crippen LogP contribution in [0.25, 0.3) is 0 Å². The Morgan fingerprint density at radius 3 is 2.21 bits per heavy atom. The summed E-state index contributed by atoms with van der Waals surface area (Å²) in [7, 11) is 0. The number of carbonyl (C=O) groups excluding carboxylic acids is 2. The second-order valence-corrected chi connectivity index (χ2v) is 8.59. The first-order chi connectivity index (χ1) is 16.3. The summed E-state index contributed by atoms with van der Waals surface area (Å²) in [5.41, 5.74) is -0.133. The van der Waals surface area contributed by atoms with Crippen LogP contribution in [0.4, 0.5) is 29.5 Å². The molecule has 1 aromatic carbocycles. The van der Waals surface area contributed by atoms with Crippen molar-refractivity contribution in [3.8, 4) is 5.75 Å². The van der Waals surface area contributed by atoms with Crippen molar-refractivity contribution in [3.63, 3.8) is 0 Å². The molecule has 2 fully saturated rings. The summed E-state index contributed by atoms with van der Waals surface area (Å²) in [6.07, 6.45) is 1.09. The standard InChI is InChI=1S/C24H27F3N4O3/c25-24(26,27)18-6-11-21(28-16-18)30-12-14-31(15-13-30)23(33)34-20-9-7-19(8-10-20)29-22(32)17-4-2-1-3-5-17/h6-11,16-17H,1-5,12-15H2,(H,29,32). The van der Waals surface area contributed by atoms with Crippen LogP contribution in [0.2, 0.25) is 0 Å². The number of anilines is 2. The second kappa shape index (κ2) is 10.3. The van der Waals surface area contributed by atoms with Crippen LogP contribution in [0.5, 0.6) is 5.75 Å². The van der Waals surface area contributed by atoms with Crippen molar-refractivity contribution in [2.24, 2.45) is 5.92 Å². The zero-order valence-electron chi connectivity index (χ0n) is 18.7. The second-order valence-electron chi connectivity index (χ2n) is 8.59. The third-order valence-corrected chi connectivity index (χ3v) is 6.24. The van der Waals surface area contributed by atoms with Crippen LogP contribution >= 0.6 is 0 Å². The lowest BCUT2D eigenvalue weighted by Gasteiger charge is -2.34. The summed E-state index contributed by atoms with van der Waals surface area (Å²) in [5, 5.41) is 2.92. The van der Waals surface area contributed by atoms with Gasteiger partial charge in [0.05, 0.1) is 5.56 Å². The smallest absolute Gasteiger partial charge is 0.410 e. The first-order valence-corrected chi connectivity index (χ1v) is 11.5. The molecular weight excluding hydrogens is 449 g/mol. The molecule has 182 valence electrons. The average Bonchev–Trinajstić information content (AvgIpc) is 2.85. The molecule has 10 heteroatoms. The van der Waals surface area contributed by atoms with E-state index in [1.807, 2.05) is 4.90 Å². The predicted molar refractivity (Wildman–Crippen MR) is 121 cm³/mol. The Balaban J connectivity index is 1.25. The molecule has 0 bridgehead atoms. The SMILES string of the molecule is O=C(Nc1ccc(OC(=O)N2CCN(c3ccc(C(F)(F)F)cn3)CC2)cc1)C1CCCCC1. The molecule has 1 saturated carbocycles. The number of pyridine rings is 1. The predicted octanol–water partition coefficient (Wildman–Crippen LogP) is 4.94. The Labute approximate surface area is 195 Å². The molecule has 4 rings (SSSR count). The van der Waals surface area contributed by atoms with E-state index in [0.717, 1.165) is 37.9 Å². The third-order valence-electron chi connectivity index (χ3n) is 6.24. The average molecular weight is 476 g/mol. The van der Waals surface area contributed by atoms with Gasteiger partial charge in [-0.1, -0.05) is 19.3 Å². The maximum absolute atomic E-state index is 12.7. The number of carbonyl (C=O) groups is 2. The molecule has 0 atom stereocenters. The van der Waals surface area contributed by atoms with Crippen LogP contribution in [-0.4, -0.2) is 48.1 Å². The highest BCUT2D eigenvalue weighted by atomic mass is 19.4. The summed E-state index contributed by atoms with van der Waals surface area (Å²) in [6, 6.07) is 9.03. The van der Waals surface area contributed by atoms with Gasteiger partial charge in [0, 0.05) is 44.0 Å². The van der Waals surface area contributed by atoms with E-state index in [1.165, 1.54) is 12.5 Å². The molecule has 2 heterocycles. The third kappa shape index (κ3) is 5.98. The van der Waals surface area contributed by atoms with Crippen LogP contribution in [0.1, 0.15) is 37.7 Å². The molecular formula is C24H27F3N4O3. The van der Waals surface area contributed by atoms with Gasteiger partial charge >= 0.3 is 12.3 Å². The molecule has 1 aliphatic carbocycles. The molecule has 1 aliphatic heterocycles. The Kier molecular flexibility index (Phi) is 7.23. The largest absolute Gasteiger partial charge is 0.417 e. The summed E-state index contributed by atoms with van der Waals surface area (Å²) in [5.74, 6) is 0.895. The van der Waals surface area contributed by atoms with Crippen molar-refractivity contribution < 1.29 is 27.5 Å². The number of aromatic nitrogens is 1. The van der Waals surface area contributed by atoms with Crippen LogP contribution in [0.15, 0.2) is 42.6 Å². The van der Waals surface area contributed by atoms with E-state index in [0.29, 0.717) is 43.4 Å². The highest BCUT2D eigenvalue weighted by Crippen LogP contribution is 2.29. The number of halogens is 3. The van der Waals surface area contributed by atoms with Gasteiger partial charge in [-0.05, 0) is 49.2 Å². The Bertz CT molecular complexity index is 982. The van der Waals surface area contributed by atoms with Gasteiger partial charge in [0.1, 0.15) is 11.6 Å². The molecule has 1 N–H and O–H groups in total. The molecule has 0 radical (unpaired) electrons. The molecule has 2 aromatic rings. The zero-order chi connectivity index (χ0) is 24.1. The molecule has 1 saturated heterocycles. The topological polar surface area (TPSA) is 74.8 Å². The quantitative estimate of drug-likeness (QED) is 0.677. The van der Waals surface area contributed by atoms with E-state index in [-0.39, 0.29) is 11.8 Å². The van der Waals surface area contributed by atoms with Crippen LogP contribution in [0, 0.1) is 5.92 Å². The molecule has 0 spiro atoms. The number of amides is 2. The van der Waals surface area contributed by atoms with Crippen molar-refractivity contribution in [2.75, 3.05) is 36.4 Å². The fourth-order valence-electron chi connectivity index (χ4n) is 4.24. The van der Waals surface area contributed by atoms with E-state index < -0.39 is 17.8 Å². The number of nitrogens with zero attached hydrogens (tertiary/aromatic N) is 3. The lowest BCUT2D eigenvalue weighted by atomic mass is 9.88. The number of hydrogen-bond donors (Lipinski definition) is 1. The van der Waals surface area contributed by atoms with Crippen LogP contribution in [-0.2, 0) is 11.0 Å². The Morgan fingerprint density at radius 1 is 0.941 bits per heavy atom. The Hall–Kier alpha value is -3.30. The van der Waals surface area contributed by atoms with Gasteiger partial charge in [0.25, 0.3) is 0 Å². The van der Waals surface area contributed by atoms with Crippen molar-refractivity contribution >= 4 is 23.5 Å². The Morgan fingerprint density at radius 2 is 1.62 bits per heavy atom. The van der Waals surface area contributed by atoms with Crippen LogP contribution in [0.3, 0.4) is 0 Å². The minimum absolute atomic E-state index is 0.0323. The first kappa shape index (κ1) is 23.8. The molecule has 1 aromatic heterocycles. The monoisotopic (exact) mass is 476 g/mol. The minimum atomic E-state index is -4.42. The molecule has 2 aliphatic rings.